The lowest BCUT2D eigenvalue weighted by molar-refractivity contribution is 0.417. The fourth-order valence-corrected chi connectivity index (χ4v) is 2.38. The van der Waals surface area contributed by atoms with E-state index >= 15 is 0 Å². The average molecular weight is 308 g/mol. The van der Waals surface area contributed by atoms with Crippen LogP contribution in [0.25, 0.3) is 0 Å². The van der Waals surface area contributed by atoms with Crippen molar-refractivity contribution in [2.75, 3.05) is 5.32 Å². The average Bonchev–Trinajstić information content (AvgIpc) is 3.02. The predicted molar refractivity (Wildman–Crippen MR) is 89.3 cm³/mol. The van der Waals surface area contributed by atoms with Crippen molar-refractivity contribution in [2.45, 2.75) is 32.7 Å². The van der Waals surface area contributed by atoms with Gasteiger partial charge in [-0.15, -0.1) is 0 Å². The maximum absolute atomic E-state index is 5.33. The second-order valence-electron chi connectivity index (χ2n) is 5.86. The zero-order chi connectivity index (χ0) is 16.2. The number of aromatic nitrogens is 3. The van der Waals surface area contributed by atoms with Gasteiger partial charge in [0, 0.05) is 12.1 Å². The summed E-state index contributed by atoms with van der Waals surface area (Å²) in [4.78, 5) is 8.88. The van der Waals surface area contributed by atoms with Crippen LogP contribution in [0.2, 0.25) is 0 Å². The van der Waals surface area contributed by atoms with Gasteiger partial charge in [-0.3, -0.25) is 4.98 Å². The Bertz CT molecular complexity index is 767. The maximum atomic E-state index is 5.33. The number of benzene rings is 1. The number of nitrogens with one attached hydrogen (secondary N) is 1. The van der Waals surface area contributed by atoms with Gasteiger partial charge >= 0.3 is 6.01 Å². The highest BCUT2D eigenvalue weighted by Gasteiger charge is 2.19. The van der Waals surface area contributed by atoms with Crippen LogP contribution >= 0.6 is 0 Å². The molecule has 2 heterocycles. The van der Waals surface area contributed by atoms with Gasteiger partial charge in [-0.1, -0.05) is 54.9 Å². The van der Waals surface area contributed by atoms with Crippen LogP contribution in [-0.2, 0) is 0 Å². The Morgan fingerprint density at radius 3 is 2.61 bits per heavy atom. The lowest BCUT2D eigenvalue weighted by Gasteiger charge is -2.17. The Morgan fingerprint density at radius 2 is 1.96 bits per heavy atom. The fourth-order valence-electron chi connectivity index (χ4n) is 2.38. The first-order valence-electron chi connectivity index (χ1n) is 7.71. The summed E-state index contributed by atoms with van der Waals surface area (Å²) >= 11 is 0. The van der Waals surface area contributed by atoms with Gasteiger partial charge in [0.2, 0.25) is 0 Å². The summed E-state index contributed by atoms with van der Waals surface area (Å²) in [7, 11) is 0. The van der Waals surface area contributed by atoms with E-state index in [0.29, 0.717) is 11.8 Å². The SMILES string of the molecule is Cc1cccc(C(Nc2nc(C(C)C)no2)c2ccccn2)c1. The van der Waals surface area contributed by atoms with Gasteiger partial charge in [-0.25, -0.2) is 0 Å². The summed E-state index contributed by atoms with van der Waals surface area (Å²) in [6.45, 7) is 6.14. The number of nitrogens with zero attached hydrogens (tertiary/aromatic N) is 3. The Balaban J connectivity index is 1.95. The Kier molecular flexibility index (Phi) is 4.37. The highest BCUT2D eigenvalue weighted by molar-refractivity contribution is 5.38. The molecule has 5 nitrogen and oxygen atoms in total. The third-order valence-electron chi connectivity index (χ3n) is 3.58. The molecule has 1 N–H and O–H groups in total. The summed E-state index contributed by atoms with van der Waals surface area (Å²) in [5.74, 6) is 0.915. The standard InChI is InChI=1S/C18H20N4O/c1-12(2)17-21-18(23-22-17)20-16(15-9-4-5-10-19-15)14-8-6-7-13(3)11-14/h4-12,16H,1-3H3,(H,20,21,22). The molecule has 118 valence electrons. The van der Waals surface area contributed by atoms with Gasteiger partial charge in [0.25, 0.3) is 0 Å². The van der Waals surface area contributed by atoms with Crippen LogP contribution in [0.3, 0.4) is 0 Å². The molecule has 1 aromatic carbocycles. The minimum Gasteiger partial charge on any atom is -0.325 e. The molecule has 0 amide bonds. The van der Waals surface area contributed by atoms with Gasteiger partial charge < -0.3 is 9.84 Å². The van der Waals surface area contributed by atoms with Crippen molar-refractivity contribution < 1.29 is 4.52 Å². The van der Waals surface area contributed by atoms with Gasteiger partial charge in [0.05, 0.1) is 11.7 Å². The predicted octanol–water partition coefficient (Wildman–Crippen LogP) is 4.10. The van der Waals surface area contributed by atoms with Gasteiger partial charge in [0.15, 0.2) is 5.82 Å². The summed E-state index contributed by atoms with van der Waals surface area (Å²) in [6, 6.07) is 14.4. The van der Waals surface area contributed by atoms with Crippen LogP contribution in [0, 0.1) is 6.92 Å². The number of hydrogen-bond acceptors (Lipinski definition) is 5. The van der Waals surface area contributed by atoms with E-state index in [0.717, 1.165) is 11.3 Å². The number of aryl methyl sites for hydroxylation is 1. The Hall–Kier alpha value is -2.69. The highest BCUT2D eigenvalue weighted by Crippen LogP contribution is 2.26. The molecule has 0 saturated carbocycles. The molecule has 3 aromatic rings. The zero-order valence-corrected chi connectivity index (χ0v) is 13.5. The largest absolute Gasteiger partial charge is 0.325 e. The summed E-state index contributed by atoms with van der Waals surface area (Å²) < 4.78 is 5.33. The molecule has 5 heteroatoms. The molecule has 3 rings (SSSR count). The van der Waals surface area contributed by atoms with Crippen molar-refractivity contribution in [2.24, 2.45) is 0 Å². The minimum absolute atomic E-state index is 0.142. The molecular weight excluding hydrogens is 288 g/mol. The van der Waals surface area contributed by atoms with E-state index in [1.165, 1.54) is 5.56 Å². The molecule has 0 radical (unpaired) electrons. The molecule has 23 heavy (non-hydrogen) atoms. The molecule has 0 spiro atoms. The Morgan fingerprint density at radius 1 is 1.09 bits per heavy atom. The van der Waals surface area contributed by atoms with Crippen LogP contribution in [0.5, 0.6) is 0 Å². The number of hydrogen-bond donors (Lipinski definition) is 1. The van der Waals surface area contributed by atoms with Crippen LogP contribution in [0.4, 0.5) is 6.01 Å². The lowest BCUT2D eigenvalue weighted by atomic mass is 10.0. The molecule has 0 aliphatic rings. The molecule has 0 bridgehead atoms. The first-order chi connectivity index (χ1) is 11.1. The smallest absolute Gasteiger partial charge is 0.322 e. The molecule has 1 unspecified atom stereocenters. The third-order valence-corrected chi connectivity index (χ3v) is 3.58. The van der Waals surface area contributed by atoms with Crippen LogP contribution < -0.4 is 5.32 Å². The Labute approximate surface area is 135 Å². The van der Waals surface area contributed by atoms with E-state index in [1.807, 2.05) is 38.1 Å². The number of anilines is 1. The summed E-state index contributed by atoms with van der Waals surface area (Å²) in [5, 5.41) is 7.32. The quantitative estimate of drug-likeness (QED) is 0.769. The molecule has 2 aromatic heterocycles. The van der Waals surface area contributed by atoms with Crippen LogP contribution in [0.15, 0.2) is 53.2 Å². The first kappa shape index (κ1) is 15.2. The number of pyridine rings is 1. The van der Waals surface area contributed by atoms with Crippen molar-refractivity contribution in [3.05, 3.63) is 71.3 Å². The molecule has 0 saturated heterocycles. The minimum atomic E-state index is -0.142. The molecular formula is C18H20N4O. The van der Waals surface area contributed by atoms with Gasteiger partial charge in [-0.05, 0) is 24.6 Å². The van der Waals surface area contributed by atoms with Gasteiger partial charge in [-0.2, -0.15) is 4.98 Å². The van der Waals surface area contributed by atoms with Crippen LogP contribution in [-0.4, -0.2) is 15.1 Å². The molecule has 0 aliphatic carbocycles. The van der Waals surface area contributed by atoms with Gasteiger partial charge in [0.1, 0.15) is 0 Å². The van der Waals surface area contributed by atoms with E-state index in [4.69, 9.17) is 4.52 Å². The molecule has 1 atom stereocenters. The summed E-state index contributed by atoms with van der Waals surface area (Å²) in [5.41, 5.74) is 3.20. The second kappa shape index (κ2) is 6.60. The lowest BCUT2D eigenvalue weighted by Crippen LogP contribution is -2.14. The van der Waals surface area contributed by atoms with Crippen molar-refractivity contribution in [3.8, 4) is 0 Å². The monoisotopic (exact) mass is 308 g/mol. The highest BCUT2D eigenvalue weighted by atomic mass is 16.5. The van der Waals surface area contributed by atoms with Crippen molar-refractivity contribution >= 4 is 6.01 Å². The first-order valence-corrected chi connectivity index (χ1v) is 7.71. The number of rotatable bonds is 5. The van der Waals surface area contributed by atoms with E-state index < -0.39 is 0 Å². The van der Waals surface area contributed by atoms with E-state index in [2.05, 4.69) is 45.6 Å². The second-order valence-corrected chi connectivity index (χ2v) is 5.86. The molecule has 0 aliphatic heterocycles. The third kappa shape index (κ3) is 3.56. The van der Waals surface area contributed by atoms with E-state index in [1.54, 1.807) is 6.20 Å². The maximum Gasteiger partial charge on any atom is 0.322 e. The van der Waals surface area contributed by atoms with Crippen molar-refractivity contribution in [1.82, 2.24) is 15.1 Å². The van der Waals surface area contributed by atoms with Crippen molar-refractivity contribution in [1.29, 1.82) is 0 Å². The van der Waals surface area contributed by atoms with Crippen molar-refractivity contribution in [3.63, 3.8) is 0 Å². The zero-order valence-electron chi connectivity index (χ0n) is 13.5. The normalized spacial score (nSPS) is 12.3. The summed E-state index contributed by atoms with van der Waals surface area (Å²) in [6.07, 6.45) is 1.78. The topological polar surface area (TPSA) is 63.8 Å². The van der Waals surface area contributed by atoms with E-state index in [-0.39, 0.29) is 12.0 Å². The fraction of sp³-hybridized carbons (Fsp3) is 0.278. The van der Waals surface area contributed by atoms with E-state index in [9.17, 15) is 0 Å². The van der Waals surface area contributed by atoms with Crippen LogP contribution in [0.1, 0.15) is 48.5 Å². The molecule has 0 fully saturated rings.